The number of nitrogens with one attached hydrogen (secondary N) is 2. The van der Waals surface area contributed by atoms with Gasteiger partial charge in [0.25, 0.3) is 0 Å². The van der Waals surface area contributed by atoms with Gasteiger partial charge in [-0.1, -0.05) is 23.7 Å². The number of anilines is 1. The Morgan fingerprint density at radius 3 is 2.61 bits per heavy atom. The van der Waals surface area contributed by atoms with Crippen LogP contribution in [0.1, 0.15) is 22.8 Å². The first kappa shape index (κ1) is 17.2. The molecule has 2 aromatic carbocycles. The molecule has 6 heteroatoms. The second-order valence-electron chi connectivity index (χ2n) is 4.74. The fourth-order valence-electron chi connectivity index (χ4n) is 1.91. The molecule has 0 aliphatic carbocycles. The lowest BCUT2D eigenvalue weighted by Gasteiger charge is -2.11. The summed E-state index contributed by atoms with van der Waals surface area (Å²) in [7, 11) is 0. The number of thiocarbonyl (C=S) groups is 1. The second kappa shape index (κ2) is 8.50. The number of benzene rings is 2. The van der Waals surface area contributed by atoms with Gasteiger partial charge in [0.15, 0.2) is 5.11 Å². The molecule has 0 spiro atoms. The van der Waals surface area contributed by atoms with Gasteiger partial charge in [0.1, 0.15) is 0 Å². The summed E-state index contributed by atoms with van der Waals surface area (Å²) in [6.45, 7) is 2.71. The molecule has 23 heavy (non-hydrogen) atoms. The highest BCUT2D eigenvalue weighted by Gasteiger charge is 2.06. The van der Waals surface area contributed by atoms with Gasteiger partial charge in [-0.15, -0.1) is 0 Å². The lowest BCUT2D eigenvalue weighted by Crippen LogP contribution is -2.27. The Morgan fingerprint density at radius 1 is 1.22 bits per heavy atom. The topological polar surface area (TPSA) is 50.4 Å². The highest BCUT2D eigenvalue weighted by atomic mass is 35.5. The summed E-state index contributed by atoms with van der Waals surface area (Å²) in [6, 6.07) is 14.5. The van der Waals surface area contributed by atoms with E-state index in [1.54, 1.807) is 31.2 Å². The quantitative estimate of drug-likeness (QED) is 0.631. The Kier molecular flexibility index (Phi) is 6.38. The zero-order valence-corrected chi connectivity index (χ0v) is 14.2. The molecule has 0 unspecified atom stereocenters. The van der Waals surface area contributed by atoms with Gasteiger partial charge in [0.05, 0.1) is 12.2 Å². The molecule has 0 saturated heterocycles. The van der Waals surface area contributed by atoms with Gasteiger partial charge < -0.3 is 15.4 Å². The molecule has 0 aromatic heterocycles. The van der Waals surface area contributed by atoms with E-state index in [0.29, 0.717) is 28.9 Å². The fourth-order valence-corrected chi connectivity index (χ4v) is 2.31. The van der Waals surface area contributed by atoms with Crippen molar-refractivity contribution in [1.82, 2.24) is 5.32 Å². The number of rotatable bonds is 5. The molecule has 0 bridgehead atoms. The minimum absolute atomic E-state index is 0.333. The third-order valence-corrected chi connectivity index (χ3v) is 3.48. The normalized spacial score (nSPS) is 10.0. The third kappa shape index (κ3) is 5.54. The van der Waals surface area contributed by atoms with Gasteiger partial charge in [0.2, 0.25) is 0 Å². The number of carbonyl (C=O) groups excluding carboxylic acids is 1. The minimum Gasteiger partial charge on any atom is -0.462 e. The standard InChI is InChI=1S/C17H17ClN2O2S/c1-2-22-16(21)13-6-8-15(9-7-13)20-17(23)19-11-12-4-3-5-14(18)10-12/h3-10H,2,11H2,1H3,(H2,19,20,23). The average molecular weight is 349 g/mol. The minimum atomic E-state index is -0.333. The van der Waals surface area contributed by atoms with Gasteiger partial charge in [0, 0.05) is 17.3 Å². The number of carbonyl (C=O) groups is 1. The van der Waals surface area contributed by atoms with E-state index in [1.165, 1.54) is 0 Å². The number of esters is 1. The first-order valence-corrected chi connectivity index (χ1v) is 7.93. The zero-order valence-electron chi connectivity index (χ0n) is 12.6. The molecule has 2 rings (SSSR count). The van der Waals surface area contributed by atoms with Crippen LogP contribution in [0, 0.1) is 0 Å². The Hall–Kier alpha value is -2.11. The summed E-state index contributed by atoms with van der Waals surface area (Å²) in [5.74, 6) is -0.333. The molecule has 0 amide bonds. The zero-order chi connectivity index (χ0) is 16.7. The van der Waals surface area contributed by atoms with E-state index in [4.69, 9.17) is 28.6 Å². The van der Waals surface area contributed by atoms with Crippen LogP contribution in [0.2, 0.25) is 5.02 Å². The van der Waals surface area contributed by atoms with Crippen LogP contribution in [0.4, 0.5) is 5.69 Å². The van der Waals surface area contributed by atoms with Gasteiger partial charge in [-0.3, -0.25) is 0 Å². The SMILES string of the molecule is CCOC(=O)c1ccc(NC(=S)NCc2cccc(Cl)c2)cc1. The van der Waals surface area contributed by atoms with E-state index in [9.17, 15) is 4.79 Å². The molecular weight excluding hydrogens is 332 g/mol. The van der Waals surface area contributed by atoms with Crippen LogP contribution in [0.5, 0.6) is 0 Å². The molecule has 0 radical (unpaired) electrons. The maximum absolute atomic E-state index is 11.6. The van der Waals surface area contributed by atoms with Crippen molar-refractivity contribution >= 4 is 40.6 Å². The Balaban J connectivity index is 1.86. The summed E-state index contributed by atoms with van der Waals surface area (Å²) in [6.07, 6.45) is 0. The molecule has 0 heterocycles. The summed E-state index contributed by atoms with van der Waals surface area (Å²) in [5.41, 5.74) is 2.34. The Morgan fingerprint density at radius 2 is 1.96 bits per heavy atom. The van der Waals surface area contributed by atoms with Crippen molar-refractivity contribution in [2.24, 2.45) is 0 Å². The van der Waals surface area contributed by atoms with Crippen LogP contribution in [-0.4, -0.2) is 17.7 Å². The Bertz CT molecular complexity index is 689. The van der Waals surface area contributed by atoms with Gasteiger partial charge >= 0.3 is 5.97 Å². The van der Waals surface area contributed by atoms with Crippen LogP contribution in [0.25, 0.3) is 0 Å². The van der Waals surface area contributed by atoms with E-state index in [-0.39, 0.29) is 5.97 Å². The van der Waals surface area contributed by atoms with Crippen molar-refractivity contribution in [3.8, 4) is 0 Å². The first-order chi connectivity index (χ1) is 11.1. The van der Waals surface area contributed by atoms with Crippen LogP contribution in [0.15, 0.2) is 48.5 Å². The molecule has 0 saturated carbocycles. The van der Waals surface area contributed by atoms with E-state index in [1.807, 2.05) is 24.3 Å². The van der Waals surface area contributed by atoms with E-state index < -0.39 is 0 Å². The monoisotopic (exact) mass is 348 g/mol. The highest BCUT2D eigenvalue weighted by Crippen LogP contribution is 2.12. The largest absolute Gasteiger partial charge is 0.462 e. The third-order valence-electron chi connectivity index (χ3n) is 3.00. The molecular formula is C17H17ClN2O2S. The maximum Gasteiger partial charge on any atom is 0.338 e. The molecule has 120 valence electrons. The van der Waals surface area contributed by atoms with Gasteiger partial charge in [-0.05, 0) is 61.1 Å². The molecule has 2 aromatic rings. The van der Waals surface area contributed by atoms with E-state index in [2.05, 4.69) is 10.6 Å². The smallest absolute Gasteiger partial charge is 0.338 e. The molecule has 0 aliphatic rings. The molecule has 0 atom stereocenters. The lowest BCUT2D eigenvalue weighted by atomic mass is 10.2. The van der Waals surface area contributed by atoms with E-state index >= 15 is 0 Å². The van der Waals surface area contributed by atoms with Gasteiger partial charge in [-0.2, -0.15) is 0 Å². The predicted molar refractivity (Wildman–Crippen MR) is 96.9 cm³/mol. The summed E-state index contributed by atoms with van der Waals surface area (Å²) < 4.78 is 4.94. The van der Waals surface area contributed by atoms with Crippen molar-refractivity contribution in [3.63, 3.8) is 0 Å². The number of halogens is 1. The maximum atomic E-state index is 11.6. The molecule has 4 nitrogen and oxygen atoms in total. The number of hydrogen-bond donors (Lipinski definition) is 2. The highest BCUT2D eigenvalue weighted by molar-refractivity contribution is 7.80. The number of ether oxygens (including phenoxy) is 1. The summed E-state index contributed by atoms with van der Waals surface area (Å²) in [5, 5.41) is 7.35. The average Bonchev–Trinajstić information content (AvgIpc) is 2.54. The van der Waals surface area contributed by atoms with Crippen molar-refractivity contribution in [2.75, 3.05) is 11.9 Å². The van der Waals surface area contributed by atoms with Crippen LogP contribution < -0.4 is 10.6 Å². The van der Waals surface area contributed by atoms with Crippen LogP contribution in [0.3, 0.4) is 0 Å². The fraction of sp³-hybridized carbons (Fsp3) is 0.176. The van der Waals surface area contributed by atoms with Crippen LogP contribution >= 0.6 is 23.8 Å². The molecule has 0 fully saturated rings. The first-order valence-electron chi connectivity index (χ1n) is 7.15. The van der Waals surface area contributed by atoms with Crippen molar-refractivity contribution in [3.05, 3.63) is 64.7 Å². The van der Waals surface area contributed by atoms with Crippen molar-refractivity contribution in [1.29, 1.82) is 0 Å². The predicted octanol–water partition coefficient (Wildman–Crippen LogP) is 4.00. The number of hydrogen-bond acceptors (Lipinski definition) is 3. The second-order valence-corrected chi connectivity index (χ2v) is 5.58. The summed E-state index contributed by atoms with van der Waals surface area (Å²) >= 11 is 11.2. The lowest BCUT2D eigenvalue weighted by molar-refractivity contribution is 0.0526. The van der Waals surface area contributed by atoms with E-state index in [0.717, 1.165) is 11.3 Å². The molecule has 0 aliphatic heterocycles. The Labute approximate surface area is 145 Å². The van der Waals surface area contributed by atoms with Gasteiger partial charge in [-0.25, -0.2) is 4.79 Å². The van der Waals surface area contributed by atoms with Crippen LogP contribution in [-0.2, 0) is 11.3 Å². The van der Waals surface area contributed by atoms with Crippen molar-refractivity contribution < 1.29 is 9.53 Å². The van der Waals surface area contributed by atoms with Crippen molar-refractivity contribution in [2.45, 2.75) is 13.5 Å². The summed E-state index contributed by atoms with van der Waals surface area (Å²) in [4.78, 5) is 11.6. The molecule has 2 N–H and O–H groups in total.